The largest absolute Gasteiger partial charge is 0.444 e. The lowest BCUT2D eigenvalue weighted by Gasteiger charge is -2.19. The predicted octanol–water partition coefficient (Wildman–Crippen LogP) is 3.43. The monoisotopic (exact) mass is 356 g/mol. The average Bonchev–Trinajstić information content (AvgIpc) is 2.59. The molecular formula is C21H28N2O3. The van der Waals surface area contributed by atoms with E-state index in [1.807, 2.05) is 45.0 Å². The molecule has 2 rings (SSSR count). The van der Waals surface area contributed by atoms with Crippen LogP contribution in [0.4, 0.5) is 4.79 Å². The van der Waals surface area contributed by atoms with Crippen molar-refractivity contribution in [3.8, 4) is 0 Å². The SMILES string of the molecule is CC(C)(C)OC(=O)NCCc1cccc(CCc2cccc(CO)n2)c1. The molecule has 0 radical (unpaired) electrons. The van der Waals surface area contributed by atoms with Gasteiger partial charge in [-0.25, -0.2) is 4.79 Å². The van der Waals surface area contributed by atoms with Crippen LogP contribution in [0.25, 0.3) is 0 Å². The number of alkyl carbamates (subject to hydrolysis) is 1. The maximum atomic E-state index is 11.7. The molecule has 0 spiro atoms. The van der Waals surface area contributed by atoms with Crippen LogP contribution in [0.1, 0.15) is 43.3 Å². The summed E-state index contributed by atoms with van der Waals surface area (Å²) in [5.41, 5.74) is 3.61. The molecule has 5 heteroatoms. The van der Waals surface area contributed by atoms with Crippen molar-refractivity contribution in [1.82, 2.24) is 10.3 Å². The first-order valence-corrected chi connectivity index (χ1v) is 8.96. The van der Waals surface area contributed by atoms with Gasteiger partial charge in [0.2, 0.25) is 0 Å². The number of aromatic nitrogens is 1. The number of carbonyl (C=O) groups excluding carboxylic acids is 1. The Balaban J connectivity index is 1.82. The van der Waals surface area contributed by atoms with Crippen molar-refractivity contribution in [3.63, 3.8) is 0 Å². The second kappa shape index (κ2) is 9.34. The Morgan fingerprint density at radius 3 is 2.38 bits per heavy atom. The molecule has 0 aliphatic carbocycles. The van der Waals surface area contributed by atoms with Gasteiger partial charge < -0.3 is 15.2 Å². The van der Waals surface area contributed by atoms with Crippen molar-refractivity contribution >= 4 is 6.09 Å². The van der Waals surface area contributed by atoms with Crippen molar-refractivity contribution < 1.29 is 14.6 Å². The van der Waals surface area contributed by atoms with Crippen LogP contribution in [0.3, 0.4) is 0 Å². The van der Waals surface area contributed by atoms with Crippen LogP contribution in [0.5, 0.6) is 0 Å². The van der Waals surface area contributed by atoms with E-state index in [0.29, 0.717) is 12.2 Å². The first-order valence-electron chi connectivity index (χ1n) is 8.96. The Kier molecular flexibility index (Phi) is 7.16. The highest BCUT2D eigenvalue weighted by atomic mass is 16.6. The number of benzene rings is 1. The zero-order valence-electron chi connectivity index (χ0n) is 15.8. The number of aliphatic hydroxyl groups excluding tert-OH is 1. The molecule has 2 aromatic rings. The second-order valence-electron chi connectivity index (χ2n) is 7.28. The number of aliphatic hydroxyl groups is 1. The van der Waals surface area contributed by atoms with E-state index in [0.717, 1.165) is 25.0 Å². The Morgan fingerprint density at radius 1 is 1.04 bits per heavy atom. The summed E-state index contributed by atoms with van der Waals surface area (Å²) in [4.78, 5) is 16.1. The number of nitrogens with one attached hydrogen (secondary N) is 1. The van der Waals surface area contributed by atoms with Gasteiger partial charge in [-0.3, -0.25) is 4.98 Å². The topological polar surface area (TPSA) is 71.5 Å². The lowest BCUT2D eigenvalue weighted by atomic mass is 10.0. The normalized spacial score (nSPS) is 11.2. The van der Waals surface area contributed by atoms with E-state index in [4.69, 9.17) is 9.84 Å². The molecule has 2 N–H and O–H groups in total. The number of ether oxygens (including phenoxy) is 1. The molecule has 1 aromatic carbocycles. The van der Waals surface area contributed by atoms with Crippen molar-refractivity contribution in [2.75, 3.05) is 6.54 Å². The smallest absolute Gasteiger partial charge is 0.407 e. The van der Waals surface area contributed by atoms with E-state index in [2.05, 4.69) is 28.5 Å². The van der Waals surface area contributed by atoms with Crippen LogP contribution in [-0.2, 0) is 30.6 Å². The molecule has 0 atom stereocenters. The highest BCUT2D eigenvalue weighted by Gasteiger charge is 2.15. The Labute approximate surface area is 155 Å². The van der Waals surface area contributed by atoms with Gasteiger partial charge in [0.15, 0.2) is 0 Å². The third-order valence-corrected chi connectivity index (χ3v) is 3.77. The Morgan fingerprint density at radius 2 is 1.69 bits per heavy atom. The molecular weight excluding hydrogens is 328 g/mol. The van der Waals surface area contributed by atoms with Crippen molar-refractivity contribution in [3.05, 3.63) is 65.0 Å². The molecule has 0 saturated heterocycles. The minimum atomic E-state index is -0.481. The van der Waals surface area contributed by atoms with Gasteiger partial charge in [0.05, 0.1) is 12.3 Å². The van der Waals surface area contributed by atoms with Crippen LogP contribution in [-0.4, -0.2) is 28.3 Å². The van der Waals surface area contributed by atoms with E-state index in [1.165, 1.54) is 11.1 Å². The number of hydrogen-bond donors (Lipinski definition) is 2. The van der Waals surface area contributed by atoms with E-state index in [1.54, 1.807) is 0 Å². The van der Waals surface area contributed by atoms with Gasteiger partial charge in [-0.15, -0.1) is 0 Å². The van der Waals surface area contributed by atoms with E-state index >= 15 is 0 Å². The van der Waals surface area contributed by atoms with Gasteiger partial charge in [0, 0.05) is 12.2 Å². The standard InChI is InChI=1S/C21H28N2O3/c1-21(2,3)26-20(25)22-13-12-17-7-4-6-16(14-17)10-11-18-8-5-9-19(15-24)23-18/h4-9,14,24H,10-13,15H2,1-3H3,(H,22,25). The fraction of sp³-hybridized carbons (Fsp3) is 0.429. The molecule has 0 aliphatic rings. The highest BCUT2D eigenvalue weighted by molar-refractivity contribution is 5.67. The van der Waals surface area contributed by atoms with Crippen LogP contribution < -0.4 is 5.32 Å². The maximum Gasteiger partial charge on any atom is 0.407 e. The first-order chi connectivity index (χ1) is 12.4. The van der Waals surface area contributed by atoms with Gasteiger partial charge in [-0.05, 0) is 63.3 Å². The Hall–Kier alpha value is -2.40. The van der Waals surface area contributed by atoms with Crippen molar-refractivity contribution in [1.29, 1.82) is 0 Å². The van der Waals surface area contributed by atoms with Crippen LogP contribution >= 0.6 is 0 Å². The fourth-order valence-corrected chi connectivity index (χ4v) is 2.59. The zero-order valence-corrected chi connectivity index (χ0v) is 15.8. The van der Waals surface area contributed by atoms with Crippen LogP contribution in [0.2, 0.25) is 0 Å². The van der Waals surface area contributed by atoms with Crippen LogP contribution in [0, 0.1) is 0 Å². The number of rotatable bonds is 7. The summed E-state index contributed by atoms with van der Waals surface area (Å²) in [6, 6.07) is 14.1. The number of pyridine rings is 1. The van der Waals surface area contributed by atoms with E-state index in [-0.39, 0.29) is 12.7 Å². The maximum absolute atomic E-state index is 11.7. The van der Waals surface area contributed by atoms with Crippen molar-refractivity contribution in [2.24, 2.45) is 0 Å². The molecule has 0 aliphatic heterocycles. The summed E-state index contributed by atoms with van der Waals surface area (Å²) >= 11 is 0. The average molecular weight is 356 g/mol. The summed E-state index contributed by atoms with van der Waals surface area (Å²) in [5.74, 6) is 0. The third kappa shape index (κ3) is 7.23. The molecule has 0 unspecified atom stereocenters. The molecule has 140 valence electrons. The molecule has 1 aromatic heterocycles. The van der Waals surface area contributed by atoms with Gasteiger partial charge in [0.1, 0.15) is 5.60 Å². The molecule has 1 heterocycles. The molecule has 0 fully saturated rings. The number of carbonyl (C=O) groups is 1. The molecule has 1 amide bonds. The predicted molar refractivity (Wildman–Crippen MR) is 102 cm³/mol. The second-order valence-corrected chi connectivity index (χ2v) is 7.28. The number of nitrogens with zero attached hydrogens (tertiary/aromatic N) is 1. The minimum Gasteiger partial charge on any atom is -0.444 e. The summed E-state index contributed by atoms with van der Waals surface area (Å²) < 4.78 is 5.23. The summed E-state index contributed by atoms with van der Waals surface area (Å²) in [7, 11) is 0. The van der Waals surface area contributed by atoms with Gasteiger partial charge in [-0.2, -0.15) is 0 Å². The van der Waals surface area contributed by atoms with Gasteiger partial charge in [0.25, 0.3) is 0 Å². The third-order valence-electron chi connectivity index (χ3n) is 3.77. The quantitative estimate of drug-likeness (QED) is 0.797. The molecule has 0 bridgehead atoms. The van der Waals surface area contributed by atoms with E-state index in [9.17, 15) is 4.79 Å². The van der Waals surface area contributed by atoms with Gasteiger partial charge in [-0.1, -0.05) is 30.3 Å². The summed E-state index contributed by atoms with van der Waals surface area (Å²) in [5, 5.41) is 11.9. The van der Waals surface area contributed by atoms with Crippen molar-refractivity contribution in [2.45, 2.75) is 52.2 Å². The lowest BCUT2D eigenvalue weighted by molar-refractivity contribution is 0.0528. The fourth-order valence-electron chi connectivity index (χ4n) is 2.59. The van der Waals surface area contributed by atoms with E-state index < -0.39 is 5.60 Å². The minimum absolute atomic E-state index is 0.0338. The number of aryl methyl sites for hydroxylation is 2. The Bertz CT molecular complexity index is 723. The molecule has 0 saturated carbocycles. The van der Waals surface area contributed by atoms with Crippen LogP contribution in [0.15, 0.2) is 42.5 Å². The van der Waals surface area contributed by atoms with Gasteiger partial charge >= 0.3 is 6.09 Å². The first kappa shape index (κ1) is 19.9. The molecule has 26 heavy (non-hydrogen) atoms. The summed E-state index contributed by atoms with van der Waals surface area (Å²) in [6.07, 6.45) is 2.08. The highest BCUT2D eigenvalue weighted by Crippen LogP contribution is 2.10. The number of hydrogen-bond acceptors (Lipinski definition) is 4. The lowest BCUT2D eigenvalue weighted by Crippen LogP contribution is -2.33. The zero-order chi connectivity index (χ0) is 19.0. The number of amides is 1. The summed E-state index contributed by atoms with van der Waals surface area (Å²) in [6.45, 7) is 6.05. The molecule has 5 nitrogen and oxygen atoms in total.